The van der Waals surface area contributed by atoms with Crippen LogP contribution in [0.5, 0.6) is 0 Å². The fraction of sp³-hybridized carbons (Fsp3) is 0.583. The van der Waals surface area contributed by atoms with Gasteiger partial charge in [-0.15, -0.1) is 0 Å². The lowest BCUT2D eigenvalue weighted by atomic mass is 10.00. The second-order valence-electron chi connectivity index (χ2n) is 9.31. The molecule has 0 N–H and O–H groups in total. The lowest BCUT2D eigenvalue weighted by molar-refractivity contribution is 0.0679. The highest BCUT2D eigenvalue weighted by molar-refractivity contribution is 7.89. The van der Waals surface area contributed by atoms with Gasteiger partial charge in [0, 0.05) is 57.7 Å². The maximum absolute atomic E-state index is 13.6. The number of benzene rings is 1. The summed E-state index contributed by atoms with van der Waals surface area (Å²) in [5.41, 5.74) is 3.79. The largest absolute Gasteiger partial charge is 0.369 e. The van der Waals surface area contributed by atoms with E-state index in [9.17, 15) is 13.2 Å². The smallest absolute Gasteiger partial charge is 0.263 e. The molecule has 0 spiro atoms. The number of nitrogens with zero attached hydrogens (tertiary/aromatic N) is 5. The Kier molecular flexibility index (Phi) is 6.81. The summed E-state index contributed by atoms with van der Waals surface area (Å²) in [6.07, 6.45) is 3.63. The SMILES string of the molecule is CCn1cc(C(=O)N2CCC[C@@H](C)C2)c(S(=O)(=O)N2CCN(c3cccc(C)c3C)CC2)n1. The average Bonchev–Trinajstić information content (AvgIpc) is 3.26. The molecular formula is C24H35N5O3S. The molecule has 2 aliphatic heterocycles. The van der Waals surface area contributed by atoms with Crippen LogP contribution in [-0.2, 0) is 16.6 Å². The zero-order chi connectivity index (χ0) is 23.8. The van der Waals surface area contributed by atoms with Crippen molar-refractivity contribution >= 4 is 21.6 Å². The number of hydrogen-bond donors (Lipinski definition) is 0. The third-order valence-electron chi connectivity index (χ3n) is 6.97. The Morgan fingerprint density at radius 1 is 1.12 bits per heavy atom. The fourth-order valence-electron chi connectivity index (χ4n) is 4.82. The van der Waals surface area contributed by atoms with Gasteiger partial charge in [-0.2, -0.15) is 9.40 Å². The summed E-state index contributed by atoms with van der Waals surface area (Å²) in [7, 11) is -3.88. The summed E-state index contributed by atoms with van der Waals surface area (Å²) >= 11 is 0. The molecule has 1 aromatic heterocycles. The van der Waals surface area contributed by atoms with Crippen LogP contribution in [0.1, 0.15) is 48.2 Å². The number of piperazine rings is 1. The first kappa shape index (κ1) is 23.8. The summed E-state index contributed by atoms with van der Waals surface area (Å²) in [5, 5.41) is 4.24. The number of sulfonamides is 1. The van der Waals surface area contributed by atoms with E-state index in [1.54, 1.807) is 15.8 Å². The highest BCUT2D eigenvalue weighted by Crippen LogP contribution is 2.27. The molecule has 2 saturated heterocycles. The molecule has 180 valence electrons. The molecule has 1 aromatic carbocycles. The first-order chi connectivity index (χ1) is 15.7. The minimum absolute atomic E-state index is 0.104. The molecule has 4 rings (SSSR count). The molecule has 2 aromatic rings. The predicted molar refractivity (Wildman–Crippen MR) is 129 cm³/mol. The van der Waals surface area contributed by atoms with Gasteiger partial charge in [0.05, 0.1) is 5.56 Å². The summed E-state index contributed by atoms with van der Waals surface area (Å²) in [6.45, 7) is 12.0. The number of likely N-dealkylation sites (tertiary alicyclic amines) is 1. The van der Waals surface area contributed by atoms with Crippen LogP contribution in [0.25, 0.3) is 0 Å². The van der Waals surface area contributed by atoms with Crippen molar-refractivity contribution in [2.75, 3.05) is 44.2 Å². The Hall–Kier alpha value is -2.39. The van der Waals surface area contributed by atoms with Crippen molar-refractivity contribution in [2.24, 2.45) is 5.92 Å². The van der Waals surface area contributed by atoms with E-state index in [0.717, 1.165) is 18.5 Å². The molecule has 1 atom stereocenters. The lowest BCUT2D eigenvalue weighted by Gasteiger charge is -2.36. The molecule has 9 heteroatoms. The number of piperidine rings is 1. The van der Waals surface area contributed by atoms with Gasteiger partial charge in [-0.05, 0) is 56.7 Å². The number of amides is 1. The Morgan fingerprint density at radius 2 is 1.85 bits per heavy atom. The van der Waals surface area contributed by atoms with Gasteiger partial charge in [0.1, 0.15) is 0 Å². The standard InChI is InChI=1S/C24H35N5O3S/c1-5-28-17-21(24(30)27-11-7-8-18(2)16-27)23(25-28)33(31,32)29-14-12-26(13-15-29)22-10-6-9-19(3)20(22)4/h6,9-10,17-18H,5,7-8,11-16H2,1-4H3/t18-/m1/s1. The third kappa shape index (κ3) is 4.66. The monoisotopic (exact) mass is 473 g/mol. The van der Waals surface area contributed by atoms with Gasteiger partial charge in [-0.3, -0.25) is 9.48 Å². The summed E-state index contributed by atoms with van der Waals surface area (Å²) in [4.78, 5) is 17.3. The van der Waals surface area contributed by atoms with Gasteiger partial charge in [0.15, 0.2) is 0 Å². The molecule has 0 aliphatic carbocycles. The first-order valence-corrected chi connectivity index (χ1v) is 13.3. The zero-order valence-corrected chi connectivity index (χ0v) is 20.9. The molecule has 0 saturated carbocycles. The van der Waals surface area contributed by atoms with E-state index < -0.39 is 10.0 Å². The fourth-order valence-corrected chi connectivity index (χ4v) is 6.33. The third-order valence-corrected chi connectivity index (χ3v) is 8.80. The van der Waals surface area contributed by atoms with Crippen LogP contribution in [0, 0.1) is 19.8 Å². The van der Waals surface area contributed by atoms with Crippen molar-refractivity contribution in [1.82, 2.24) is 19.0 Å². The summed E-state index contributed by atoms with van der Waals surface area (Å²) in [6, 6.07) is 6.22. The van der Waals surface area contributed by atoms with Crippen LogP contribution in [0.15, 0.2) is 29.4 Å². The van der Waals surface area contributed by atoms with E-state index in [2.05, 4.69) is 42.9 Å². The van der Waals surface area contributed by atoms with E-state index in [0.29, 0.717) is 51.7 Å². The Labute approximate surface area is 197 Å². The van der Waals surface area contributed by atoms with Crippen LogP contribution in [0.3, 0.4) is 0 Å². The van der Waals surface area contributed by atoms with Crippen molar-refractivity contribution < 1.29 is 13.2 Å². The van der Waals surface area contributed by atoms with Crippen molar-refractivity contribution in [3.8, 4) is 0 Å². The quantitative estimate of drug-likeness (QED) is 0.667. The van der Waals surface area contributed by atoms with E-state index in [1.807, 2.05) is 13.0 Å². The van der Waals surface area contributed by atoms with Crippen molar-refractivity contribution in [3.63, 3.8) is 0 Å². The highest BCUT2D eigenvalue weighted by atomic mass is 32.2. The van der Waals surface area contributed by atoms with E-state index >= 15 is 0 Å². The van der Waals surface area contributed by atoms with Crippen LogP contribution < -0.4 is 4.90 Å². The van der Waals surface area contributed by atoms with Gasteiger partial charge < -0.3 is 9.80 Å². The number of aryl methyl sites for hydroxylation is 2. The van der Waals surface area contributed by atoms with Gasteiger partial charge >= 0.3 is 0 Å². The summed E-state index contributed by atoms with van der Waals surface area (Å²) in [5.74, 6) is 0.191. The summed E-state index contributed by atoms with van der Waals surface area (Å²) < 4.78 is 30.3. The number of carbonyl (C=O) groups excluding carboxylic acids is 1. The number of anilines is 1. The van der Waals surface area contributed by atoms with E-state index in [1.165, 1.54) is 15.4 Å². The van der Waals surface area contributed by atoms with Crippen LogP contribution in [-0.4, -0.2) is 72.6 Å². The molecule has 8 nitrogen and oxygen atoms in total. The predicted octanol–water partition coefficient (Wildman–Crippen LogP) is 2.90. The molecule has 1 amide bonds. The second kappa shape index (κ2) is 9.46. The van der Waals surface area contributed by atoms with Gasteiger partial charge in [-0.1, -0.05) is 19.1 Å². The van der Waals surface area contributed by atoms with Crippen LogP contribution in [0.2, 0.25) is 0 Å². The number of carbonyl (C=O) groups is 1. The Balaban J connectivity index is 1.56. The number of aromatic nitrogens is 2. The van der Waals surface area contributed by atoms with Crippen LogP contribution in [0.4, 0.5) is 5.69 Å². The molecule has 0 radical (unpaired) electrons. The first-order valence-electron chi connectivity index (χ1n) is 11.9. The Morgan fingerprint density at radius 3 is 2.52 bits per heavy atom. The minimum atomic E-state index is -3.88. The molecular weight excluding hydrogens is 438 g/mol. The van der Waals surface area contributed by atoms with Crippen molar-refractivity contribution in [3.05, 3.63) is 41.1 Å². The molecule has 0 unspecified atom stereocenters. The second-order valence-corrected chi connectivity index (χ2v) is 11.2. The van der Waals surface area contributed by atoms with E-state index in [-0.39, 0.29) is 16.5 Å². The number of hydrogen-bond acceptors (Lipinski definition) is 5. The topological polar surface area (TPSA) is 78.8 Å². The van der Waals surface area contributed by atoms with Crippen LogP contribution >= 0.6 is 0 Å². The van der Waals surface area contributed by atoms with Crippen molar-refractivity contribution in [2.45, 2.75) is 52.1 Å². The maximum atomic E-state index is 13.6. The normalized spacial score (nSPS) is 20.3. The Bertz CT molecular complexity index is 1120. The van der Waals surface area contributed by atoms with Gasteiger partial charge in [-0.25, -0.2) is 8.42 Å². The average molecular weight is 474 g/mol. The maximum Gasteiger partial charge on any atom is 0.263 e. The molecule has 33 heavy (non-hydrogen) atoms. The molecule has 2 aliphatic rings. The van der Waals surface area contributed by atoms with Gasteiger partial charge in [0.2, 0.25) is 5.03 Å². The molecule has 3 heterocycles. The number of rotatable bonds is 5. The molecule has 0 bridgehead atoms. The van der Waals surface area contributed by atoms with Gasteiger partial charge in [0.25, 0.3) is 15.9 Å². The highest BCUT2D eigenvalue weighted by Gasteiger charge is 2.36. The zero-order valence-electron chi connectivity index (χ0n) is 20.1. The van der Waals surface area contributed by atoms with E-state index in [4.69, 9.17) is 0 Å². The van der Waals surface area contributed by atoms with Crippen molar-refractivity contribution in [1.29, 1.82) is 0 Å². The molecule has 2 fully saturated rings. The minimum Gasteiger partial charge on any atom is -0.369 e. The lowest BCUT2D eigenvalue weighted by Crippen LogP contribution is -2.49.